The Morgan fingerprint density at radius 2 is 2.00 bits per heavy atom. The van der Waals surface area contributed by atoms with Gasteiger partial charge in [-0.3, -0.25) is 10.1 Å². The van der Waals surface area contributed by atoms with Gasteiger partial charge in [-0.05, 0) is 40.6 Å². The fraction of sp³-hybridized carbons (Fsp3) is 0.706. The van der Waals surface area contributed by atoms with E-state index in [2.05, 4.69) is 61.7 Å². The largest absolute Gasteiger partial charge is 0.318 e. The summed E-state index contributed by atoms with van der Waals surface area (Å²) in [7, 11) is 0. The summed E-state index contributed by atoms with van der Waals surface area (Å²) in [5.74, 6) is 1.12. The molecule has 0 spiro atoms. The molecule has 0 aromatic carbocycles. The first kappa shape index (κ1) is 16.5. The van der Waals surface area contributed by atoms with E-state index in [0.29, 0.717) is 17.9 Å². The molecule has 118 valence electrons. The summed E-state index contributed by atoms with van der Waals surface area (Å²) >= 11 is 1.69. The van der Waals surface area contributed by atoms with E-state index in [-0.39, 0.29) is 18.1 Å². The molecule has 1 saturated heterocycles. The van der Waals surface area contributed by atoms with Crippen molar-refractivity contribution in [2.24, 2.45) is 11.8 Å². The van der Waals surface area contributed by atoms with Crippen molar-refractivity contribution >= 4 is 17.2 Å². The maximum Gasteiger partial charge on any atom is 0.241 e. The van der Waals surface area contributed by atoms with Crippen LogP contribution in [-0.2, 0) is 4.79 Å². The van der Waals surface area contributed by atoms with Crippen molar-refractivity contribution in [2.75, 3.05) is 0 Å². The molecule has 1 N–H and O–H groups in total. The molecule has 0 radical (unpaired) electrons. The molecule has 0 bridgehead atoms. The lowest BCUT2D eigenvalue weighted by Gasteiger charge is -2.34. The second-order valence-corrected chi connectivity index (χ2v) is 7.23. The first-order valence-electron chi connectivity index (χ1n) is 8.11. The maximum absolute atomic E-state index is 13.0. The summed E-state index contributed by atoms with van der Waals surface area (Å²) < 4.78 is 0. The second kappa shape index (κ2) is 6.93. The predicted octanol–water partition coefficient (Wildman–Crippen LogP) is 4.03. The van der Waals surface area contributed by atoms with E-state index in [1.807, 2.05) is 0 Å². The third-order valence-corrected chi connectivity index (χ3v) is 5.45. The zero-order chi connectivity index (χ0) is 15.6. The van der Waals surface area contributed by atoms with Gasteiger partial charge in [0.25, 0.3) is 0 Å². The van der Waals surface area contributed by atoms with Crippen molar-refractivity contribution in [2.45, 2.75) is 65.7 Å². The van der Waals surface area contributed by atoms with Gasteiger partial charge in [0.2, 0.25) is 5.91 Å². The summed E-state index contributed by atoms with van der Waals surface area (Å²) in [4.78, 5) is 15.1. The number of carbonyl (C=O) groups excluding carboxylic acids is 1. The van der Waals surface area contributed by atoms with Crippen LogP contribution in [0.5, 0.6) is 0 Å². The van der Waals surface area contributed by atoms with E-state index in [1.165, 1.54) is 5.56 Å². The molecule has 1 amide bonds. The Labute approximate surface area is 132 Å². The highest BCUT2D eigenvalue weighted by atomic mass is 32.1. The quantitative estimate of drug-likeness (QED) is 0.860. The molecule has 1 aliphatic rings. The lowest BCUT2D eigenvalue weighted by molar-refractivity contribution is -0.134. The highest BCUT2D eigenvalue weighted by Crippen LogP contribution is 2.34. The second-order valence-electron chi connectivity index (χ2n) is 6.45. The first-order valence-corrected chi connectivity index (χ1v) is 9.05. The minimum absolute atomic E-state index is 0.0371. The molecule has 2 rings (SSSR count). The SMILES string of the molecule is CCC(C)C1NC(c2ccsc2)N(C(CC)C(C)C)C1=O. The molecule has 4 unspecified atom stereocenters. The van der Waals surface area contributed by atoms with Gasteiger partial charge in [-0.25, -0.2) is 0 Å². The summed E-state index contributed by atoms with van der Waals surface area (Å²) in [6.07, 6.45) is 2.06. The zero-order valence-electron chi connectivity index (χ0n) is 13.8. The van der Waals surface area contributed by atoms with Crippen LogP contribution >= 0.6 is 11.3 Å². The van der Waals surface area contributed by atoms with Crippen molar-refractivity contribution in [3.05, 3.63) is 22.4 Å². The number of carbonyl (C=O) groups is 1. The van der Waals surface area contributed by atoms with Crippen molar-refractivity contribution in [1.82, 2.24) is 10.2 Å². The van der Waals surface area contributed by atoms with E-state index < -0.39 is 0 Å². The zero-order valence-corrected chi connectivity index (χ0v) is 14.6. The fourth-order valence-electron chi connectivity index (χ4n) is 3.28. The summed E-state index contributed by atoms with van der Waals surface area (Å²) in [6, 6.07) is 2.38. The van der Waals surface area contributed by atoms with Crippen molar-refractivity contribution in [3.8, 4) is 0 Å². The van der Waals surface area contributed by atoms with Gasteiger partial charge in [-0.1, -0.05) is 41.0 Å². The van der Waals surface area contributed by atoms with Crippen LogP contribution in [0.25, 0.3) is 0 Å². The molecular formula is C17H28N2OS. The Kier molecular flexibility index (Phi) is 5.44. The standard InChI is InChI=1S/C17H28N2OS/c1-6-12(5)15-17(20)19(14(7-2)11(3)4)16(18-15)13-8-9-21-10-13/h8-12,14-16,18H,6-7H2,1-5H3. The molecule has 1 aromatic rings. The van der Waals surface area contributed by atoms with E-state index in [4.69, 9.17) is 0 Å². The minimum Gasteiger partial charge on any atom is -0.318 e. The number of rotatable bonds is 6. The summed E-state index contributed by atoms with van der Waals surface area (Å²) in [5.41, 5.74) is 1.22. The normalized spacial score (nSPS) is 25.6. The van der Waals surface area contributed by atoms with E-state index >= 15 is 0 Å². The highest BCUT2D eigenvalue weighted by molar-refractivity contribution is 7.07. The maximum atomic E-state index is 13.0. The Morgan fingerprint density at radius 1 is 1.29 bits per heavy atom. The van der Waals surface area contributed by atoms with Crippen LogP contribution in [0.4, 0.5) is 0 Å². The predicted molar refractivity (Wildman–Crippen MR) is 89.2 cm³/mol. The van der Waals surface area contributed by atoms with Crippen LogP contribution in [-0.4, -0.2) is 22.9 Å². The van der Waals surface area contributed by atoms with Crippen LogP contribution in [0.1, 0.15) is 59.2 Å². The lowest BCUT2D eigenvalue weighted by Crippen LogP contribution is -2.43. The van der Waals surface area contributed by atoms with Gasteiger partial charge in [0.05, 0.1) is 6.04 Å². The number of thiophene rings is 1. The molecule has 3 nitrogen and oxygen atoms in total. The third-order valence-electron chi connectivity index (χ3n) is 4.75. The van der Waals surface area contributed by atoms with Gasteiger partial charge in [-0.2, -0.15) is 11.3 Å². The van der Waals surface area contributed by atoms with Crippen LogP contribution in [0.15, 0.2) is 16.8 Å². The van der Waals surface area contributed by atoms with Gasteiger partial charge < -0.3 is 4.90 Å². The molecule has 4 atom stereocenters. The average molecular weight is 308 g/mol. The number of amides is 1. The van der Waals surface area contributed by atoms with Gasteiger partial charge in [-0.15, -0.1) is 0 Å². The Morgan fingerprint density at radius 3 is 2.48 bits per heavy atom. The first-order chi connectivity index (χ1) is 10.0. The molecule has 1 aliphatic heterocycles. The van der Waals surface area contributed by atoms with Gasteiger partial charge >= 0.3 is 0 Å². The van der Waals surface area contributed by atoms with Crippen LogP contribution < -0.4 is 5.32 Å². The molecule has 2 heterocycles. The van der Waals surface area contributed by atoms with Gasteiger partial charge in [0.1, 0.15) is 6.17 Å². The third kappa shape index (κ3) is 3.16. The van der Waals surface area contributed by atoms with Crippen LogP contribution in [0.3, 0.4) is 0 Å². The molecule has 21 heavy (non-hydrogen) atoms. The molecule has 4 heteroatoms. The monoisotopic (exact) mass is 308 g/mol. The van der Waals surface area contributed by atoms with E-state index in [9.17, 15) is 4.79 Å². The summed E-state index contributed by atoms with van der Waals surface area (Å²) in [6.45, 7) is 10.9. The van der Waals surface area contributed by atoms with Crippen molar-refractivity contribution < 1.29 is 4.79 Å². The van der Waals surface area contributed by atoms with Crippen LogP contribution in [0.2, 0.25) is 0 Å². The number of nitrogens with one attached hydrogen (secondary N) is 1. The molecule has 0 saturated carbocycles. The average Bonchev–Trinajstić information content (AvgIpc) is 3.08. The molecule has 1 aromatic heterocycles. The fourth-order valence-corrected chi connectivity index (χ4v) is 3.96. The summed E-state index contributed by atoms with van der Waals surface area (Å²) in [5, 5.41) is 7.84. The number of nitrogens with zero attached hydrogens (tertiary/aromatic N) is 1. The molecular weight excluding hydrogens is 280 g/mol. The van der Waals surface area contributed by atoms with Gasteiger partial charge in [0.15, 0.2) is 0 Å². The topological polar surface area (TPSA) is 32.3 Å². The van der Waals surface area contributed by atoms with Gasteiger partial charge in [0, 0.05) is 6.04 Å². The van der Waals surface area contributed by atoms with Crippen molar-refractivity contribution in [3.63, 3.8) is 0 Å². The Hall–Kier alpha value is -0.870. The highest BCUT2D eigenvalue weighted by Gasteiger charge is 2.45. The number of hydrogen-bond donors (Lipinski definition) is 1. The number of hydrogen-bond acceptors (Lipinski definition) is 3. The Bertz CT molecular complexity index is 457. The molecule has 1 fully saturated rings. The van der Waals surface area contributed by atoms with Crippen LogP contribution in [0, 0.1) is 11.8 Å². The van der Waals surface area contributed by atoms with Crippen molar-refractivity contribution in [1.29, 1.82) is 0 Å². The lowest BCUT2D eigenvalue weighted by atomic mass is 9.96. The van der Waals surface area contributed by atoms with E-state index in [1.54, 1.807) is 11.3 Å². The van der Waals surface area contributed by atoms with E-state index in [0.717, 1.165) is 12.8 Å². The molecule has 0 aliphatic carbocycles. The minimum atomic E-state index is -0.0484. The smallest absolute Gasteiger partial charge is 0.241 e. The Balaban J connectivity index is 2.34.